The highest BCUT2D eigenvalue weighted by Crippen LogP contribution is 2.17. The Kier molecular flexibility index (Phi) is 3.26. The number of nitrogens with zero attached hydrogens (tertiary/aromatic N) is 3. The van der Waals surface area contributed by atoms with Crippen LogP contribution in [0.15, 0.2) is 18.5 Å². The molecule has 0 spiro atoms. The number of aryl methyl sites for hydroxylation is 1. The van der Waals surface area contributed by atoms with Crippen molar-refractivity contribution in [3.63, 3.8) is 0 Å². The van der Waals surface area contributed by atoms with Crippen LogP contribution in [0.25, 0.3) is 0 Å². The molecule has 0 atom stereocenters. The van der Waals surface area contributed by atoms with Gasteiger partial charge in [0, 0.05) is 12.4 Å². The predicted octanol–water partition coefficient (Wildman–Crippen LogP) is 0.779. The zero-order valence-corrected chi connectivity index (χ0v) is 9.78. The van der Waals surface area contributed by atoms with Crippen molar-refractivity contribution in [3.05, 3.63) is 29.0 Å². The molecule has 0 aliphatic carbocycles. The first-order valence-corrected chi connectivity index (χ1v) is 5.54. The third-order valence-corrected chi connectivity index (χ3v) is 2.72. The number of carbonyl (C=O) groups excluding carboxylic acids is 1. The number of rotatable bonds is 3. The molecule has 2 aromatic heterocycles. The average Bonchev–Trinajstić information content (AvgIpc) is 2.74. The molecule has 0 saturated heterocycles. The summed E-state index contributed by atoms with van der Waals surface area (Å²) in [5.74, 6) is 4.97. The van der Waals surface area contributed by atoms with Crippen molar-refractivity contribution in [1.82, 2.24) is 15.2 Å². The zero-order valence-electron chi connectivity index (χ0n) is 8.97. The lowest BCUT2D eigenvalue weighted by Crippen LogP contribution is -2.17. The third kappa shape index (κ3) is 2.55. The third-order valence-electron chi connectivity index (χ3n) is 1.97. The van der Waals surface area contributed by atoms with Crippen LogP contribution >= 0.6 is 11.3 Å². The zero-order chi connectivity index (χ0) is 12.3. The number of carbonyl (C=O) groups is 1. The van der Waals surface area contributed by atoms with E-state index in [4.69, 9.17) is 5.84 Å². The van der Waals surface area contributed by atoms with Gasteiger partial charge in [-0.1, -0.05) is 11.3 Å². The molecule has 0 bridgehead atoms. The summed E-state index contributed by atoms with van der Waals surface area (Å²) in [6, 6.07) is 1.61. The van der Waals surface area contributed by atoms with E-state index >= 15 is 0 Å². The summed E-state index contributed by atoms with van der Waals surface area (Å²) < 4.78 is 0. The van der Waals surface area contributed by atoms with Gasteiger partial charge in [0.05, 0.1) is 11.3 Å². The highest BCUT2D eigenvalue weighted by atomic mass is 32.1. The van der Waals surface area contributed by atoms with E-state index in [9.17, 15) is 4.79 Å². The Morgan fingerprint density at radius 1 is 1.47 bits per heavy atom. The first kappa shape index (κ1) is 11.4. The first-order valence-electron chi connectivity index (χ1n) is 4.73. The lowest BCUT2D eigenvalue weighted by molar-refractivity contribution is 0.102. The van der Waals surface area contributed by atoms with Crippen LogP contribution in [0.3, 0.4) is 0 Å². The molecule has 0 radical (unpaired) electrons. The first-order chi connectivity index (χ1) is 8.20. The number of hydrogen-bond donors (Lipinski definition) is 3. The molecule has 0 fully saturated rings. The Morgan fingerprint density at radius 2 is 2.29 bits per heavy atom. The van der Waals surface area contributed by atoms with Crippen molar-refractivity contribution in [2.45, 2.75) is 6.92 Å². The number of hydrogen-bond acceptors (Lipinski definition) is 7. The molecule has 0 saturated carbocycles. The molecule has 0 aliphatic rings. The van der Waals surface area contributed by atoms with Gasteiger partial charge < -0.3 is 5.43 Å². The van der Waals surface area contributed by atoms with Crippen LogP contribution in [0, 0.1) is 6.92 Å². The minimum atomic E-state index is -0.331. The predicted molar refractivity (Wildman–Crippen MR) is 64.6 cm³/mol. The number of hydrazine groups is 1. The molecule has 0 aromatic carbocycles. The van der Waals surface area contributed by atoms with Gasteiger partial charge in [0.1, 0.15) is 5.01 Å². The van der Waals surface area contributed by atoms with E-state index in [1.165, 1.54) is 17.5 Å². The maximum absolute atomic E-state index is 11.9. The van der Waals surface area contributed by atoms with E-state index in [-0.39, 0.29) is 5.91 Å². The van der Waals surface area contributed by atoms with Crippen LogP contribution in [0.1, 0.15) is 15.4 Å². The van der Waals surface area contributed by atoms with Gasteiger partial charge in [0.2, 0.25) is 5.13 Å². The van der Waals surface area contributed by atoms with E-state index in [1.54, 1.807) is 12.3 Å². The maximum Gasteiger partial charge on any atom is 0.261 e. The average molecular weight is 250 g/mol. The van der Waals surface area contributed by atoms with Gasteiger partial charge in [-0.15, -0.1) is 10.2 Å². The molecule has 88 valence electrons. The summed E-state index contributed by atoms with van der Waals surface area (Å²) in [6.45, 7) is 1.81. The molecule has 8 heteroatoms. The Labute approximate surface area is 101 Å². The van der Waals surface area contributed by atoms with Gasteiger partial charge >= 0.3 is 0 Å². The van der Waals surface area contributed by atoms with Gasteiger partial charge in [0.15, 0.2) is 0 Å². The maximum atomic E-state index is 11.9. The largest absolute Gasteiger partial charge is 0.323 e. The van der Waals surface area contributed by atoms with Crippen molar-refractivity contribution in [3.8, 4) is 0 Å². The van der Waals surface area contributed by atoms with Crippen LogP contribution in [0.2, 0.25) is 0 Å². The van der Waals surface area contributed by atoms with Crippen molar-refractivity contribution in [2.24, 2.45) is 5.84 Å². The molecule has 7 nitrogen and oxygen atoms in total. The lowest BCUT2D eigenvalue weighted by atomic mass is 10.2. The molecular weight excluding hydrogens is 240 g/mol. The monoisotopic (exact) mass is 250 g/mol. The van der Waals surface area contributed by atoms with Crippen LogP contribution in [-0.2, 0) is 0 Å². The number of nitrogen functional groups attached to an aromatic ring is 1. The van der Waals surface area contributed by atoms with Crippen LogP contribution in [0.5, 0.6) is 0 Å². The quantitative estimate of drug-likeness (QED) is 0.549. The Hall–Kier alpha value is -2.06. The number of anilines is 2. The molecule has 2 aromatic rings. The summed E-state index contributed by atoms with van der Waals surface area (Å²) in [7, 11) is 0. The van der Waals surface area contributed by atoms with E-state index in [0.717, 1.165) is 5.01 Å². The number of nitrogens with two attached hydrogens (primary N) is 1. The second-order valence-corrected chi connectivity index (χ2v) is 4.33. The fourth-order valence-electron chi connectivity index (χ4n) is 1.21. The number of pyridine rings is 1. The SMILES string of the molecule is Cc1nnc(NC(=O)c2cnccc2NN)s1. The van der Waals surface area contributed by atoms with Crippen molar-refractivity contribution in [1.29, 1.82) is 0 Å². The Bertz CT molecular complexity index is 540. The minimum Gasteiger partial charge on any atom is -0.323 e. The van der Waals surface area contributed by atoms with Crippen molar-refractivity contribution < 1.29 is 4.79 Å². The number of aromatic nitrogens is 3. The minimum absolute atomic E-state index is 0.331. The standard InChI is InChI=1S/C9H10N6OS/c1-5-14-15-9(17-5)12-8(16)6-4-11-3-2-7(6)13-10/h2-4H,10H2,1H3,(H,11,13)(H,12,15,16). The van der Waals surface area contributed by atoms with Crippen molar-refractivity contribution in [2.75, 3.05) is 10.7 Å². The number of amides is 1. The lowest BCUT2D eigenvalue weighted by Gasteiger charge is -2.06. The molecule has 17 heavy (non-hydrogen) atoms. The number of nitrogens with one attached hydrogen (secondary N) is 2. The Morgan fingerprint density at radius 3 is 2.94 bits per heavy atom. The summed E-state index contributed by atoms with van der Waals surface area (Å²) >= 11 is 1.30. The fourth-order valence-corrected chi connectivity index (χ4v) is 1.80. The van der Waals surface area contributed by atoms with Gasteiger partial charge in [-0.05, 0) is 13.0 Å². The summed E-state index contributed by atoms with van der Waals surface area (Å²) in [6.07, 6.45) is 2.97. The van der Waals surface area contributed by atoms with Gasteiger partial charge in [-0.25, -0.2) is 0 Å². The van der Waals surface area contributed by atoms with E-state index in [0.29, 0.717) is 16.4 Å². The van der Waals surface area contributed by atoms with Crippen LogP contribution in [0.4, 0.5) is 10.8 Å². The summed E-state index contributed by atoms with van der Waals surface area (Å²) in [4.78, 5) is 15.8. The van der Waals surface area contributed by atoms with E-state index in [2.05, 4.69) is 25.9 Å². The highest BCUT2D eigenvalue weighted by molar-refractivity contribution is 7.15. The molecule has 2 heterocycles. The van der Waals surface area contributed by atoms with Crippen LogP contribution in [-0.4, -0.2) is 21.1 Å². The van der Waals surface area contributed by atoms with E-state index < -0.39 is 0 Å². The molecule has 4 N–H and O–H groups in total. The topological polar surface area (TPSA) is 106 Å². The molecule has 0 unspecified atom stereocenters. The Balaban J connectivity index is 2.20. The normalized spacial score (nSPS) is 10.0. The second kappa shape index (κ2) is 4.85. The van der Waals surface area contributed by atoms with E-state index in [1.807, 2.05) is 6.92 Å². The molecular formula is C9H10N6OS. The summed E-state index contributed by atoms with van der Waals surface area (Å²) in [5, 5.41) is 11.5. The second-order valence-electron chi connectivity index (χ2n) is 3.15. The van der Waals surface area contributed by atoms with Crippen LogP contribution < -0.4 is 16.6 Å². The van der Waals surface area contributed by atoms with Gasteiger partial charge in [-0.3, -0.25) is 20.9 Å². The summed E-state index contributed by atoms with van der Waals surface area (Å²) in [5.41, 5.74) is 3.28. The molecule has 2 rings (SSSR count). The van der Waals surface area contributed by atoms with Gasteiger partial charge in [-0.2, -0.15) is 0 Å². The fraction of sp³-hybridized carbons (Fsp3) is 0.111. The molecule has 1 amide bonds. The van der Waals surface area contributed by atoms with Gasteiger partial charge in [0.25, 0.3) is 5.91 Å². The molecule has 0 aliphatic heterocycles. The van der Waals surface area contributed by atoms with Crippen molar-refractivity contribution >= 4 is 28.1 Å². The smallest absolute Gasteiger partial charge is 0.261 e. The highest BCUT2D eigenvalue weighted by Gasteiger charge is 2.12.